The van der Waals surface area contributed by atoms with Crippen LogP contribution in [0.15, 0.2) is 36.5 Å². The van der Waals surface area contributed by atoms with E-state index in [2.05, 4.69) is 10.3 Å². The summed E-state index contributed by atoms with van der Waals surface area (Å²) in [6, 6.07) is 6.27. The summed E-state index contributed by atoms with van der Waals surface area (Å²) in [5, 5.41) is 2.47. The second-order valence-corrected chi connectivity index (χ2v) is 5.07. The fraction of sp³-hybridized carbons (Fsp3) is 0.250. The summed E-state index contributed by atoms with van der Waals surface area (Å²) >= 11 is 0. The van der Waals surface area contributed by atoms with E-state index in [4.69, 9.17) is 9.47 Å². The molecule has 3 rings (SSSR count). The molecule has 1 saturated heterocycles. The lowest BCUT2D eigenvalue weighted by Crippen LogP contribution is -2.17. The Morgan fingerprint density at radius 1 is 1.26 bits per heavy atom. The fourth-order valence-corrected chi connectivity index (χ4v) is 2.14. The van der Waals surface area contributed by atoms with Gasteiger partial charge in [0.15, 0.2) is 11.6 Å². The Hall–Kier alpha value is -2.54. The lowest BCUT2D eigenvalue weighted by Gasteiger charge is -2.11. The van der Waals surface area contributed by atoms with Gasteiger partial charge < -0.3 is 14.8 Å². The van der Waals surface area contributed by atoms with E-state index in [-0.39, 0.29) is 17.4 Å². The highest BCUT2D eigenvalue weighted by atomic mass is 19.2. The number of carbonyl (C=O) groups is 1. The summed E-state index contributed by atoms with van der Waals surface area (Å²) in [5.74, 6) is -2.06. The molecule has 1 amide bonds. The van der Waals surface area contributed by atoms with Crippen LogP contribution in [-0.2, 0) is 4.74 Å². The van der Waals surface area contributed by atoms with Gasteiger partial charge in [-0.1, -0.05) is 0 Å². The van der Waals surface area contributed by atoms with Crippen molar-refractivity contribution in [3.63, 3.8) is 0 Å². The van der Waals surface area contributed by atoms with Crippen LogP contribution in [0.4, 0.5) is 14.5 Å². The summed E-state index contributed by atoms with van der Waals surface area (Å²) in [7, 11) is 0. The van der Waals surface area contributed by atoms with E-state index in [1.165, 1.54) is 12.3 Å². The van der Waals surface area contributed by atoms with Crippen LogP contribution in [0.1, 0.15) is 16.8 Å². The Morgan fingerprint density at radius 3 is 2.78 bits per heavy atom. The van der Waals surface area contributed by atoms with Crippen LogP contribution in [0.3, 0.4) is 0 Å². The molecule has 1 aromatic heterocycles. The smallest absolute Gasteiger partial charge is 0.257 e. The summed E-state index contributed by atoms with van der Waals surface area (Å²) in [6.45, 7) is 1.19. The Balaban J connectivity index is 1.63. The molecule has 0 saturated carbocycles. The predicted molar refractivity (Wildman–Crippen MR) is 78.4 cm³/mol. The van der Waals surface area contributed by atoms with Crippen molar-refractivity contribution in [3.05, 3.63) is 53.7 Å². The zero-order valence-electron chi connectivity index (χ0n) is 12.1. The van der Waals surface area contributed by atoms with Crippen molar-refractivity contribution in [1.82, 2.24) is 4.98 Å². The molecule has 0 aliphatic carbocycles. The molecular formula is C16H14F2N2O3. The lowest BCUT2D eigenvalue weighted by atomic mass is 10.2. The average Bonchev–Trinajstić information content (AvgIpc) is 3.04. The quantitative estimate of drug-likeness (QED) is 0.941. The van der Waals surface area contributed by atoms with Crippen molar-refractivity contribution in [2.45, 2.75) is 12.5 Å². The molecule has 1 aliphatic heterocycles. The molecule has 1 N–H and O–H groups in total. The number of nitrogens with zero attached hydrogens (tertiary/aromatic N) is 1. The van der Waals surface area contributed by atoms with Crippen molar-refractivity contribution >= 4 is 11.6 Å². The van der Waals surface area contributed by atoms with Crippen LogP contribution in [0.5, 0.6) is 5.88 Å². The first-order valence-corrected chi connectivity index (χ1v) is 7.08. The zero-order valence-corrected chi connectivity index (χ0v) is 12.1. The molecule has 1 atom stereocenters. The minimum Gasteiger partial charge on any atom is -0.472 e. The van der Waals surface area contributed by atoms with Gasteiger partial charge in [-0.25, -0.2) is 13.8 Å². The molecule has 0 bridgehead atoms. The number of benzene rings is 1. The Bertz CT molecular complexity index is 701. The minimum absolute atomic E-state index is 0.0237. The third kappa shape index (κ3) is 3.81. The van der Waals surface area contributed by atoms with Gasteiger partial charge in [-0.3, -0.25) is 4.79 Å². The van der Waals surface area contributed by atoms with E-state index in [1.54, 1.807) is 12.1 Å². The molecule has 1 fully saturated rings. The highest BCUT2D eigenvalue weighted by Gasteiger charge is 2.18. The van der Waals surface area contributed by atoms with Gasteiger partial charge in [-0.15, -0.1) is 0 Å². The van der Waals surface area contributed by atoms with Gasteiger partial charge in [0.05, 0.1) is 18.8 Å². The van der Waals surface area contributed by atoms with Gasteiger partial charge in [0.2, 0.25) is 5.88 Å². The lowest BCUT2D eigenvalue weighted by molar-refractivity contribution is 0.102. The monoisotopic (exact) mass is 320 g/mol. The number of aromatic nitrogens is 1. The largest absolute Gasteiger partial charge is 0.472 e. The standard InChI is InChI=1S/C16H14F2N2O3/c17-13-3-2-11(7-14(13)18)20-16(21)10-1-4-15(19-8-10)23-12-5-6-22-9-12/h1-4,7-8,12H,5-6,9H2,(H,20,21). The van der Waals surface area contributed by atoms with Gasteiger partial charge in [0, 0.05) is 30.4 Å². The number of pyridine rings is 1. The van der Waals surface area contributed by atoms with Crippen LogP contribution in [0.2, 0.25) is 0 Å². The van der Waals surface area contributed by atoms with E-state index in [9.17, 15) is 13.6 Å². The Morgan fingerprint density at radius 2 is 2.13 bits per heavy atom. The molecule has 1 unspecified atom stereocenters. The van der Waals surface area contributed by atoms with Crippen LogP contribution in [0.25, 0.3) is 0 Å². The van der Waals surface area contributed by atoms with Crippen molar-refractivity contribution in [2.75, 3.05) is 18.5 Å². The molecule has 2 heterocycles. The molecule has 0 radical (unpaired) electrons. The number of anilines is 1. The van der Waals surface area contributed by atoms with E-state index in [0.717, 1.165) is 18.6 Å². The predicted octanol–water partition coefficient (Wildman–Crippen LogP) is 2.78. The summed E-state index contributed by atoms with van der Waals surface area (Å²) in [4.78, 5) is 16.1. The molecule has 5 nitrogen and oxygen atoms in total. The number of hydrogen-bond acceptors (Lipinski definition) is 4. The maximum absolute atomic E-state index is 13.1. The van der Waals surface area contributed by atoms with E-state index >= 15 is 0 Å². The second kappa shape index (κ2) is 6.70. The third-order valence-corrected chi connectivity index (χ3v) is 3.35. The fourth-order valence-electron chi connectivity index (χ4n) is 2.14. The number of carbonyl (C=O) groups excluding carboxylic acids is 1. The Labute approximate surface area is 131 Å². The van der Waals surface area contributed by atoms with Crippen molar-refractivity contribution in [1.29, 1.82) is 0 Å². The first-order chi connectivity index (χ1) is 11.1. The summed E-state index contributed by atoms with van der Waals surface area (Å²) < 4.78 is 36.8. The average molecular weight is 320 g/mol. The number of rotatable bonds is 4. The molecule has 0 spiro atoms. The van der Waals surface area contributed by atoms with E-state index in [0.29, 0.717) is 19.1 Å². The zero-order chi connectivity index (χ0) is 16.2. The molecular weight excluding hydrogens is 306 g/mol. The van der Waals surface area contributed by atoms with Crippen molar-refractivity contribution in [3.8, 4) is 5.88 Å². The molecule has 23 heavy (non-hydrogen) atoms. The normalized spacial score (nSPS) is 17.0. The second-order valence-electron chi connectivity index (χ2n) is 5.07. The van der Waals surface area contributed by atoms with Crippen LogP contribution >= 0.6 is 0 Å². The molecule has 7 heteroatoms. The first kappa shape index (κ1) is 15.4. The number of ether oxygens (including phenoxy) is 2. The van der Waals surface area contributed by atoms with Crippen LogP contribution < -0.4 is 10.1 Å². The SMILES string of the molecule is O=C(Nc1ccc(F)c(F)c1)c1ccc(OC2CCOC2)nc1. The number of nitrogens with one attached hydrogen (secondary N) is 1. The number of amides is 1. The third-order valence-electron chi connectivity index (χ3n) is 3.35. The van der Waals surface area contributed by atoms with Crippen molar-refractivity contribution in [2.24, 2.45) is 0 Å². The molecule has 1 aliphatic rings. The van der Waals surface area contributed by atoms with Gasteiger partial charge in [-0.05, 0) is 18.2 Å². The molecule has 2 aromatic rings. The highest BCUT2D eigenvalue weighted by Crippen LogP contribution is 2.17. The topological polar surface area (TPSA) is 60.5 Å². The van der Waals surface area contributed by atoms with Crippen molar-refractivity contribution < 1.29 is 23.0 Å². The van der Waals surface area contributed by atoms with E-state index in [1.807, 2.05) is 0 Å². The first-order valence-electron chi connectivity index (χ1n) is 7.08. The van der Waals surface area contributed by atoms with Gasteiger partial charge in [0.25, 0.3) is 5.91 Å². The number of hydrogen-bond donors (Lipinski definition) is 1. The summed E-state index contributed by atoms with van der Waals surface area (Å²) in [5.41, 5.74) is 0.446. The van der Waals surface area contributed by atoms with E-state index < -0.39 is 17.5 Å². The Kier molecular flexibility index (Phi) is 4.47. The van der Waals surface area contributed by atoms with Crippen LogP contribution in [-0.4, -0.2) is 30.2 Å². The molecule has 120 valence electrons. The van der Waals surface area contributed by atoms with Gasteiger partial charge >= 0.3 is 0 Å². The van der Waals surface area contributed by atoms with Gasteiger partial charge in [0.1, 0.15) is 6.10 Å². The molecule has 1 aromatic carbocycles. The van der Waals surface area contributed by atoms with Crippen LogP contribution in [0, 0.1) is 11.6 Å². The minimum atomic E-state index is -1.02. The van der Waals surface area contributed by atoms with Gasteiger partial charge in [-0.2, -0.15) is 0 Å². The summed E-state index contributed by atoms with van der Waals surface area (Å²) in [6.07, 6.45) is 2.14. The maximum atomic E-state index is 13.1. The highest BCUT2D eigenvalue weighted by molar-refractivity contribution is 6.04. The number of halogens is 2. The maximum Gasteiger partial charge on any atom is 0.257 e.